The molecule has 146 valence electrons. The molecule has 3 aromatic rings. The number of nitro benzene ring substituents is 1. The predicted molar refractivity (Wildman–Crippen MR) is 112 cm³/mol. The summed E-state index contributed by atoms with van der Waals surface area (Å²) >= 11 is 12.3. The molecule has 0 N–H and O–H groups in total. The van der Waals surface area contributed by atoms with Crippen LogP contribution in [0.3, 0.4) is 0 Å². The predicted octanol–water partition coefficient (Wildman–Crippen LogP) is 5.70. The molecule has 0 heterocycles. The maximum atomic E-state index is 13.4. The van der Waals surface area contributed by atoms with Crippen LogP contribution in [0.1, 0.15) is 26.3 Å². The van der Waals surface area contributed by atoms with Gasteiger partial charge in [-0.2, -0.15) is 0 Å². The summed E-state index contributed by atoms with van der Waals surface area (Å²) in [5.41, 5.74) is -0.0719. The molecule has 29 heavy (non-hydrogen) atoms. The monoisotopic (exact) mass is 428 g/mol. The van der Waals surface area contributed by atoms with Gasteiger partial charge in [-0.05, 0) is 36.8 Å². The lowest BCUT2D eigenvalue weighted by molar-refractivity contribution is -0.384. The average molecular weight is 429 g/mol. The van der Waals surface area contributed by atoms with Gasteiger partial charge in [0.25, 0.3) is 17.5 Å². The van der Waals surface area contributed by atoms with Crippen LogP contribution in [0, 0.1) is 17.0 Å². The van der Waals surface area contributed by atoms with Crippen molar-refractivity contribution in [3.05, 3.63) is 104 Å². The highest BCUT2D eigenvalue weighted by molar-refractivity contribution is 6.39. The van der Waals surface area contributed by atoms with Crippen molar-refractivity contribution in [3.8, 4) is 0 Å². The molecule has 0 aliphatic rings. The maximum Gasteiger partial charge on any atom is 0.293 e. The highest BCUT2D eigenvalue weighted by Gasteiger charge is 2.34. The molecule has 0 fully saturated rings. The number of hydrogen-bond donors (Lipinski definition) is 0. The SMILES string of the molecule is Cc1cccc([N+](=O)[O-])c1N(C(=O)c1ccccc1Cl)C(=O)c1ccccc1Cl. The number of carbonyl (C=O) groups excluding carboxylic acids is 2. The molecular weight excluding hydrogens is 415 g/mol. The first-order valence-electron chi connectivity index (χ1n) is 8.44. The van der Waals surface area contributed by atoms with Gasteiger partial charge in [-0.25, -0.2) is 4.90 Å². The third kappa shape index (κ3) is 3.99. The van der Waals surface area contributed by atoms with Crippen LogP contribution in [-0.4, -0.2) is 16.7 Å². The van der Waals surface area contributed by atoms with Crippen LogP contribution in [-0.2, 0) is 0 Å². The van der Waals surface area contributed by atoms with Crippen LogP contribution < -0.4 is 4.90 Å². The number of para-hydroxylation sites is 1. The van der Waals surface area contributed by atoms with Crippen molar-refractivity contribution >= 4 is 46.4 Å². The number of amides is 2. The molecule has 3 aromatic carbocycles. The molecule has 8 heteroatoms. The van der Waals surface area contributed by atoms with Gasteiger partial charge in [-0.3, -0.25) is 19.7 Å². The van der Waals surface area contributed by atoms with E-state index in [1.807, 2.05) is 0 Å². The van der Waals surface area contributed by atoms with E-state index in [4.69, 9.17) is 23.2 Å². The smallest absolute Gasteiger partial charge is 0.268 e. The lowest BCUT2D eigenvalue weighted by Crippen LogP contribution is -2.38. The Balaban J connectivity index is 2.28. The van der Waals surface area contributed by atoms with Gasteiger partial charge in [0.05, 0.1) is 26.1 Å². The summed E-state index contributed by atoms with van der Waals surface area (Å²) in [7, 11) is 0. The highest BCUT2D eigenvalue weighted by Crippen LogP contribution is 2.35. The summed E-state index contributed by atoms with van der Waals surface area (Å²) in [4.78, 5) is 38.5. The van der Waals surface area contributed by atoms with E-state index in [-0.39, 0.29) is 32.5 Å². The van der Waals surface area contributed by atoms with E-state index in [9.17, 15) is 19.7 Å². The number of halogens is 2. The second kappa shape index (κ2) is 8.43. The van der Waals surface area contributed by atoms with E-state index in [1.165, 1.54) is 36.4 Å². The zero-order valence-corrected chi connectivity index (χ0v) is 16.6. The molecule has 0 radical (unpaired) electrons. The normalized spacial score (nSPS) is 10.4. The van der Waals surface area contributed by atoms with Gasteiger partial charge in [0, 0.05) is 6.07 Å². The van der Waals surface area contributed by atoms with Gasteiger partial charge >= 0.3 is 0 Å². The first-order chi connectivity index (χ1) is 13.8. The largest absolute Gasteiger partial charge is 0.293 e. The summed E-state index contributed by atoms with van der Waals surface area (Å²) in [6, 6.07) is 16.6. The van der Waals surface area contributed by atoms with Gasteiger partial charge in [-0.1, -0.05) is 59.6 Å². The molecule has 0 spiro atoms. The molecule has 6 nitrogen and oxygen atoms in total. The number of aryl methyl sites for hydroxylation is 1. The first-order valence-corrected chi connectivity index (χ1v) is 9.20. The zero-order valence-electron chi connectivity index (χ0n) is 15.1. The fourth-order valence-electron chi connectivity index (χ4n) is 2.89. The third-order valence-corrected chi connectivity index (χ3v) is 4.91. The molecule has 0 aromatic heterocycles. The Morgan fingerprint density at radius 3 is 1.76 bits per heavy atom. The second-order valence-corrected chi connectivity index (χ2v) is 6.92. The van der Waals surface area contributed by atoms with E-state index >= 15 is 0 Å². The van der Waals surface area contributed by atoms with Crippen LogP contribution in [0.25, 0.3) is 0 Å². The number of nitro groups is 1. The van der Waals surface area contributed by atoms with Crippen molar-refractivity contribution in [2.75, 3.05) is 4.90 Å². The number of imide groups is 1. The van der Waals surface area contributed by atoms with Crippen LogP contribution in [0.15, 0.2) is 66.7 Å². The number of carbonyl (C=O) groups is 2. The number of anilines is 1. The number of nitrogens with zero attached hydrogens (tertiary/aromatic N) is 2. The lowest BCUT2D eigenvalue weighted by atomic mass is 10.1. The first kappa shape index (κ1) is 20.5. The Bertz CT molecular complexity index is 1070. The molecule has 0 aliphatic heterocycles. The van der Waals surface area contributed by atoms with Crippen molar-refractivity contribution in [1.29, 1.82) is 0 Å². The Kier molecular flexibility index (Phi) is 5.96. The van der Waals surface area contributed by atoms with E-state index < -0.39 is 16.7 Å². The van der Waals surface area contributed by atoms with Crippen molar-refractivity contribution in [3.63, 3.8) is 0 Å². The van der Waals surface area contributed by atoms with Gasteiger partial charge in [-0.15, -0.1) is 0 Å². The Labute approximate surface area is 176 Å². The van der Waals surface area contributed by atoms with E-state index in [0.717, 1.165) is 4.90 Å². The standard InChI is InChI=1S/C21H14Cl2N2O4/c1-13-7-6-12-18(25(28)29)19(13)24(20(26)14-8-2-4-10-16(14)22)21(27)15-9-3-5-11-17(15)23/h2-12H,1H3. The summed E-state index contributed by atoms with van der Waals surface area (Å²) in [5, 5.41) is 11.9. The Morgan fingerprint density at radius 1 is 0.828 bits per heavy atom. The molecule has 0 aliphatic carbocycles. The van der Waals surface area contributed by atoms with E-state index in [1.54, 1.807) is 37.3 Å². The maximum absolute atomic E-state index is 13.4. The van der Waals surface area contributed by atoms with Crippen LogP contribution >= 0.6 is 23.2 Å². The molecule has 0 unspecified atom stereocenters. The summed E-state index contributed by atoms with van der Waals surface area (Å²) in [5.74, 6) is -1.59. The van der Waals surface area contributed by atoms with Crippen molar-refractivity contribution in [1.82, 2.24) is 0 Å². The Morgan fingerprint density at radius 2 is 1.31 bits per heavy atom. The molecule has 0 bridgehead atoms. The molecule has 2 amide bonds. The zero-order chi connectivity index (χ0) is 21.1. The van der Waals surface area contributed by atoms with Gasteiger partial charge in [0.15, 0.2) is 0 Å². The minimum atomic E-state index is -0.794. The third-order valence-electron chi connectivity index (χ3n) is 4.25. The topological polar surface area (TPSA) is 80.5 Å². The summed E-state index contributed by atoms with van der Waals surface area (Å²) in [6.07, 6.45) is 0. The molecule has 3 rings (SSSR count). The van der Waals surface area contributed by atoms with Gasteiger partial charge in [0.1, 0.15) is 5.69 Å². The quantitative estimate of drug-likeness (QED) is 0.303. The van der Waals surface area contributed by atoms with Crippen molar-refractivity contribution < 1.29 is 14.5 Å². The van der Waals surface area contributed by atoms with Crippen LogP contribution in [0.5, 0.6) is 0 Å². The van der Waals surface area contributed by atoms with Crippen molar-refractivity contribution in [2.24, 2.45) is 0 Å². The lowest BCUT2D eigenvalue weighted by Gasteiger charge is -2.23. The molecule has 0 saturated carbocycles. The van der Waals surface area contributed by atoms with E-state index in [0.29, 0.717) is 5.56 Å². The van der Waals surface area contributed by atoms with Crippen molar-refractivity contribution in [2.45, 2.75) is 6.92 Å². The second-order valence-electron chi connectivity index (χ2n) is 6.11. The Hall–Kier alpha value is -3.22. The van der Waals surface area contributed by atoms with Crippen LogP contribution in [0.2, 0.25) is 10.0 Å². The van der Waals surface area contributed by atoms with Gasteiger partial charge < -0.3 is 0 Å². The number of rotatable bonds is 4. The minimum Gasteiger partial charge on any atom is -0.268 e. The minimum absolute atomic E-state index is 0.0344. The molecule has 0 saturated heterocycles. The molecule has 0 atom stereocenters. The highest BCUT2D eigenvalue weighted by atomic mass is 35.5. The van der Waals surface area contributed by atoms with Crippen LogP contribution in [0.4, 0.5) is 11.4 Å². The fraction of sp³-hybridized carbons (Fsp3) is 0.0476. The fourth-order valence-corrected chi connectivity index (χ4v) is 3.32. The van der Waals surface area contributed by atoms with E-state index in [2.05, 4.69) is 0 Å². The number of hydrogen-bond acceptors (Lipinski definition) is 4. The summed E-state index contributed by atoms with van der Waals surface area (Å²) in [6.45, 7) is 1.58. The number of benzene rings is 3. The summed E-state index contributed by atoms with van der Waals surface area (Å²) < 4.78 is 0. The average Bonchev–Trinajstić information content (AvgIpc) is 2.69. The molecular formula is C21H14Cl2N2O4. The van der Waals surface area contributed by atoms with Gasteiger partial charge in [0.2, 0.25) is 0 Å².